The molecule has 0 unspecified atom stereocenters. The Balaban J connectivity index is 2.39. The normalized spacial score (nSPS) is 11.3. The van der Waals surface area contributed by atoms with Crippen LogP contribution in [0.4, 0.5) is 5.69 Å². The van der Waals surface area contributed by atoms with Crippen LogP contribution < -0.4 is 4.72 Å². The summed E-state index contributed by atoms with van der Waals surface area (Å²) in [6, 6.07) is 10.6. The first-order valence-corrected chi connectivity index (χ1v) is 7.73. The molecule has 2 rings (SSSR count). The summed E-state index contributed by atoms with van der Waals surface area (Å²) in [4.78, 5) is -0.00670. The monoisotopic (exact) mass is 335 g/mol. The molecule has 0 aliphatic rings. The number of rotatable bonds is 3. The molecule has 100 valence electrons. The molecule has 0 aliphatic heterocycles. The van der Waals surface area contributed by atoms with Gasteiger partial charge in [-0.25, -0.2) is 8.42 Å². The molecule has 3 nitrogen and oxygen atoms in total. The Morgan fingerprint density at radius 1 is 0.895 bits per heavy atom. The van der Waals surface area contributed by atoms with E-state index in [0.29, 0.717) is 10.0 Å². The quantitative estimate of drug-likeness (QED) is 0.900. The van der Waals surface area contributed by atoms with Crippen LogP contribution in [0.5, 0.6) is 0 Å². The summed E-state index contributed by atoms with van der Waals surface area (Å²) >= 11 is 17.5. The maximum absolute atomic E-state index is 12.2. The largest absolute Gasteiger partial charge is 0.279 e. The molecular weight excluding hydrogens is 329 g/mol. The van der Waals surface area contributed by atoms with E-state index in [4.69, 9.17) is 34.8 Å². The van der Waals surface area contributed by atoms with Crippen LogP contribution in [-0.2, 0) is 10.0 Å². The van der Waals surface area contributed by atoms with Crippen LogP contribution in [0.2, 0.25) is 15.1 Å². The van der Waals surface area contributed by atoms with Gasteiger partial charge in [0, 0.05) is 10.0 Å². The van der Waals surface area contributed by atoms with Crippen molar-refractivity contribution in [3.63, 3.8) is 0 Å². The molecule has 0 heterocycles. The highest BCUT2D eigenvalue weighted by molar-refractivity contribution is 7.92. The van der Waals surface area contributed by atoms with Crippen molar-refractivity contribution in [2.24, 2.45) is 0 Å². The standard InChI is InChI=1S/C12H8Cl3NO2S/c13-8-5-9(14)7-10(6-8)16-19(17,18)12-4-2-1-3-11(12)15/h1-7,16H. The molecule has 0 fully saturated rings. The summed E-state index contributed by atoms with van der Waals surface area (Å²) in [7, 11) is -3.78. The Kier molecular flexibility index (Phi) is 4.26. The zero-order chi connectivity index (χ0) is 14.0. The highest BCUT2D eigenvalue weighted by Crippen LogP contribution is 2.27. The first-order chi connectivity index (χ1) is 8.88. The smallest absolute Gasteiger partial charge is 0.263 e. The van der Waals surface area contributed by atoms with Gasteiger partial charge in [-0.05, 0) is 30.3 Å². The molecule has 0 saturated carbocycles. The van der Waals surface area contributed by atoms with E-state index in [1.165, 1.54) is 30.3 Å². The third-order valence-corrected chi connectivity index (χ3v) is 4.56. The molecule has 0 aromatic heterocycles. The number of sulfonamides is 1. The maximum atomic E-state index is 12.2. The van der Waals surface area contributed by atoms with Crippen LogP contribution in [-0.4, -0.2) is 8.42 Å². The van der Waals surface area contributed by atoms with Crippen molar-refractivity contribution in [2.75, 3.05) is 4.72 Å². The van der Waals surface area contributed by atoms with Crippen LogP contribution in [0.25, 0.3) is 0 Å². The van der Waals surface area contributed by atoms with Crippen LogP contribution in [0.1, 0.15) is 0 Å². The predicted octanol–water partition coefficient (Wildman–Crippen LogP) is 4.45. The van der Waals surface area contributed by atoms with E-state index in [1.807, 2.05) is 0 Å². The first-order valence-electron chi connectivity index (χ1n) is 5.12. The molecule has 0 saturated heterocycles. The zero-order valence-corrected chi connectivity index (χ0v) is 12.5. The lowest BCUT2D eigenvalue weighted by Crippen LogP contribution is -2.13. The molecule has 2 aromatic carbocycles. The summed E-state index contributed by atoms with van der Waals surface area (Å²) < 4.78 is 26.7. The summed E-state index contributed by atoms with van der Waals surface area (Å²) in [6.07, 6.45) is 0. The minimum atomic E-state index is -3.78. The van der Waals surface area contributed by atoms with Crippen molar-refractivity contribution >= 4 is 50.5 Å². The topological polar surface area (TPSA) is 46.2 Å². The number of benzene rings is 2. The van der Waals surface area contributed by atoms with E-state index >= 15 is 0 Å². The van der Waals surface area contributed by atoms with Crippen LogP contribution in [0.3, 0.4) is 0 Å². The molecule has 0 spiro atoms. The Hall–Kier alpha value is -0.940. The molecule has 19 heavy (non-hydrogen) atoms. The number of hydrogen-bond donors (Lipinski definition) is 1. The highest BCUT2D eigenvalue weighted by Gasteiger charge is 2.17. The Bertz CT molecular complexity index is 696. The average molecular weight is 337 g/mol. The highest BCUT2D eigenvalue weighted by atomic mass is 35.5. The van der Waals surface area contributed by atoms with Crippen molar-refractivity contribution in [1.29, 1.82) is 0 Å². The van der Waals surface area contributed by atoms with Crippen LogP contribution in [0.15, 0.2) is 47.4 Å². The lowest BCUT2D eigenvalue weighted by atomic mass is 10.3. The number of nitrogens with one attached hydrogen (secondary N) is 1. The lowest BCUT2D eigenvalue weighted by Gasteiger charge is -2.10. The van der Waals surface area contributed by atoms with Gasteiger partial charge in [0.05, 0.1) is 10.7 Å². The SMILES string of the molecule is O=S(=O)(Nc1cc(Cl)cc(Cl)c1)c1ccccc1Cl. The van der Waals surface area contributed by atoms with Crippen molar-refractivity contribution in [2.45, 2.75) is 4.90 Å². The minimum Gasteiger partial charge on any atom is -0.279 e. The molecular formula is C12H8Cl3NO2S. The third-order valence-electron chi connectivity index (χ3n) is 2.24. The van der Waals surface area contributed by atoms with Crippen molar-refractivity contribution < 1.29 is 8.42 Å². The zero-order valence-electron chi connectivity index (χ0n) is 9.40. The van der Waals surface area contributed by atoms with Crippen LogP contribution >= 0.6 is 34.8 Å². The van der Waals surface area contributed by atoms with E-state index in [9.17, 15) is 8.42 Å². The number of anilines is 1. The summed E-state index contributed by atoms with van der Waals surface area (Å²) in [5.41, 5.74) is 0.275. The molecule has 2 aromatic rings. The predicted molar refractivity (Wildman–Crippen MR) is 78.7 cm³/mol. The fourth-order valence-electron chi connectivity index (χ4n) is 1.49. The summed E-state index contributed by atoms with van der Waals surface area (Å²) in [6.45, 7) is 0. The molecule has 0 atom stereocenters. The second-order valence-electron chi connectivity index (χ2n) is 3.69. The second-order valence-corrected chi connectivity index (χ2v) is 6.62. The van der Waals surface area contributed by atoms with E-state index in [1.54, 1.807) is 12.1 Å². The Labute approximate surface area is 126 Å². The molecule has 0 bridgehead atoms. The Morgan fingerprint density at radius 3 is 2.05 bits per heavy atom. The van der Waals surface area contributed by atoms with Gasteiger partial charge in [0.15, 0.2) is 0 Å². The van der Waals surface area contributed by atoms with Crippen molar-refractivity contribution in [3.05, 3.63) is 57.5 Å². The van der Waals surface area contributed by atoms with Gasteiger partial charge in [0.25, 0.3) is 10.0 Å². The fourth-order valence-corrected chi connectivity index (χ4v) is 3.57. The molecule has 0 radical (unpaired) electrons. The average Bonchev–Trinajstić information content (AvgIpc) is 2.26. The molecule has 0 aliphatic carbocycles. The van der Waals surface area contributed by atoms with Gasteiger partial charge < -0.3 is 0 Å². The Morgan fingerprint density at radius 2 is 1.47 bits per heavy atom. The number of halogens is 3. The fraction of sp³-hybridized carbons (Fsp3) is 0. The van der Waals surface area contributed by atoms with Gasteiger partial charge >= 0.3 is 0 Å². The van der Waals surface area contributed by atoms with Crippen molar-refractivity contribution in [3.8, 4) is 0 Å². The van der Waals surface area contributed by atoms with Crippen LogP contribution in [0, 0.1) is 0 Å². The minimum absolute atomic E-state index is 0.00670. The molecule has 0 amide bonds. The van der Waals surface area contributed by atoms with E-state index in [0.717, 1.165) is 0 Å². The second kappa shape index (κ2) is 5.59. The van der Waals surface area contributed by atoms with Gasteiger partial charge in [-0.3, -0.25) is 4.72 Å². The summed E-state index contributed by atoms with van der Waals surface area (Å²) in [5.74, 6) is 0. The van der Waals surface area contributed by atoms with E-state index in [2.05, 4.69) is 4.72 Å². The van der Waals surface area contributed by atoms with Gasteiger partial charge in [0.1, 0.15) is 4.90 Å². The summed E-state index contributed by atoms with van der Waals surface area (Å²) in [5, 5.41) is 0.817. The lowest BCUT2D eigenvalue weighted by molar-refractivity contribution is 0.601. The first kappa shape index (κ1) is 14.5. The van der Waals surface area contributed by atoms with Crippen molar-refractivity contribution in [1.82, 2.24) is 0 Å². The third kappa shape index (κ3) is 3.54. The molecule has 7 heteroatoms. The molecule has 1 N–H and O–H groups in total. The van der Waals surface area contributed by atoms with E-state index in [-0.39, 0.29) is 15.6 Å². The van der Waals surface area contributed by atoms with Gasteiger partial charge in [-0.1, -0.05) is 46.9 Å². The van der Waals surface area contributed by atoms with Gasteiger partial charge in [-0.15, -0.1) is 0 Å². The van der Waals surface area contributed by atoms with Gasteiger partial charge in [0.2, 0.25) is 0 Å². The maximum Gasteiger partial charge on any atom is 0.263 e. The van der Waals surface area contributed by atoms with E-state index < -0.39 is 10.0 Å². The number of hydrogen-bond acceptors (Lipinski definition) is 2. The van der Waals surface area contributed by atoms with Gasteiger partial charge in [-0.2, -0.15) is 0 Å².